The number of carbonyl (C=O) groups is 3. The second-order valence-electron chi connectivity index (χ2n) is 22.1. The largest absolute Gasteiger partial charge is 1.00 e. The van der Waals surface area contributed by atoms with Crippen molar-refractivity contribution in [1.29, 1.82) is 0 Å². The maximum atomic E-state index is 10.3. The predicted molar refractivity (Wildman–Crippen MR) is 315 cm³/mol. The summed E-state index contributed by atoms with van der Waals surface area (Å²) in [6, 6.07) is 0. The van der Waals surface area contributed by atoms with E-state index >= 15 is 0 Å². The van der Waals surface area contributed by atoms with E-state index in [9.17, 15) is 24.6 Å². The van der Waals surface area contributed by atoms with Crippen molar-refractivity contribution in [2.75, 3.05) is 6.61 Å². The second kappa shape index (κ2) is 86.3. The van der Waals surface area contributed by atoms with Crippen LogP contribution in [0.25, 0.3) is 0 Å². The van der Waals surface area contributed by atoms with Gasteiger partial charge in [0.25, 0.3) is 0 Å². The van der Waals surface area contributed by atoms with Crippen LogP contribution in [0.1, 0.15) is 400 Å². The van der Waals surface area contributed by atoms with Crippen LogP contribution < -0.4 is 91.2 Å². The van der Waals surface area contributed by atoms with Crippen LogP contribution >= 0.6 is 0 Å². The second-order valence-corrected chi connectivity index (χ2v) is 22.1. The van der Waals surface area contributed by atoms with Gasteiger partial charge in [0.05, 0.1) is 0 Å². The molecule has 0 rings (SSSR count). The average molecular weight is 1100 g/mol. The third kappa shape index (κ3) is 104. The van der Waals surface area contributed by atoms with Gasteiger partial charge in [0, 0.05) is 25.0 Å². The van der Waals surface area contributed by atoms with Gasteiger partial charge in [-0.3, -0.25) is 4.79 Å². The number of carbonyl (C=O) groups excluding carboxylic acids is 2. The quantitative estimate of drug-likeness (QED) is 0.0457. The summed E-state index contributed by atoms with van der Waals surface area (Å²) in [4.78, 5) is 30.7. The zero-order valence-electron chi connectivity index (χ0n) is 52.2. The Morgan fingerprint density at radius 1 is 0.253 bits per heavy atom. The van der Waals surface area contributed by atoms with Crippen molar-refractivity contribution in [1.82, 2.24) is 0 Å². The fourth-order valence-electron chi connectivity index (χ4n) is 9.53. The minimum Gasteiger partial charge on any atom is -0.550 e. The summed E-state index contributed by atoms with van der Waals surface area (Å²) in [5.74, 6) is -2.46. The van der Waals surface area contributed by atoms with Crippen LogP contribution in [0.5, 0.6) is 0 Å². The van der Waals surface area contributed by atoms with E-state index in [1.165, 1.54) is 308 Å². The van der Waals surface area contributed by atoms with Gasteiger partial charge in [-0.05, 0) is 38.5 Å². The van der Waals surface area contributed by atoms with E-state index in [4.69, 9.17) is 10.2 Å². The van der Waals surface area contributed by atoms with E-state index in [1.54, 1.807) is 0 Å². The number of carboxylic acid groups (broad SMARTS) is 3. The molecule has 0 atom stereocenters. The van der Waals surface area contributed by atoms with Crippen molar-refractivity contribution in [2.45, 2.75) is 400 Å². The van der Waals surface area contributed by atoms with E-state index in [-0.39, 0.29) is 93.8 Å². The van der Waals surface area contributed by atoms with Crippen molar-refractivity contribution < 1.29 is 116 Å². The molecule has 0 aromatic carbocycles. The minimum absolute atomic E-state index is 0. The first-order valence-electron chi connectivity index (χ1n) is 32.9. The number of aliphatic carboxylic acids is 3. The van der Waals surface area contributed by atoms with E-state index in [0.717, 1.165) is 44.9 Å². The van der Waals surface area contributed by atoms with Crippen molar-refractivity contribution in [3.05, 3.63) is 0 Å². The molecule has 0 aromatic heterocycles. The summed E-state index contributed by atoms with van der Waals surface area (Å²) in [5, 5.41) is 37.5. The summed E-state index contributed by atoms with van der Waals surface area (Å²) in [6.45, 7) is 9.43. The van der Waals surface area contributed by atoms with Crippen LogP contribution in [0.2, 0.25) is 0 Å². The van der Waals surface area contributed by atoms with Crippen LogP contribution in [-0.2, 0) is 14.4 Å². The van der Waals surface area contributed by atoms with Crippen molar-refractivity contribution >= 4 is 17.9 Å². The number of unbranched alkanes of at least 4 members (excludes halogenated alkanes) is 51. The average Bonchev–Trinajstić information content (AvgIpc) is 3.37. The number of carboxylic acids is 3. The summed E-state index contributed by atoms with van der Waals surface area (Å²) >= 11 is 0. The van der Waals surface area contributed by atoms with Crippen LogP contribution in [0, 0.1) is 0 Å². The van der Waals surface area contributed by atoms with E-state index in [0.29, 0.717) is 13.0 Å². The molecule has 2 N–H and O–H groups in total. The Balaban J connectivity index is -0.000000211. The fourth-order valence-corrected chi connectivity index (χ4v) is 9.53. The maximum Gasteiger partial charge on any atom is 1.00 e. The number of aliphatic hydroxyl groups is 1. The van der Waals surface area contributed by atoms with Crippen LogP contribution in [-0.4, -0.2) is 34.7 Å². The Morgan fingerprint density at radius 2 is 0.387 bits per heavy atom. The van der Waals surface area contributed by atoms with Gasteiger partial charge < -0.3 is 30.0 Å². The molecule has 0 saturated heterocycles. The third-order valence-corrected chi connectivity index (χ3v) is 14.5. The monoisotopic (exact) mass is 1100 g/mol. The molecular formula is C66H132KNaO7. The molecule has 0 aliphatic carbocycles. The molecule has 0 aliphatic heterocycles. The zero-order chi connectivity index (χ0) is 54.5. The summed E-state index contributed by atoms with van der Waals surface area (Å²) in [7, 11) is 0. The third-order valence-electron chi connectivity index (χ3n) is 14.5. The van der Waals surface area contributed by atoms with Crippen molar-refractivity contribution in [2.24, 2.45) is 0 Å². The van der Waals surface area contributed by atoms with Gasteiger partial charge in [0.2, 0.25) is 0 Å². The number of hydrogen-bond acceptors (Lipinski definition) is 6. The molecule has 0 unspecified atom stereocenters. The maximum absolute atomic E-state index is 10.3. The predicted octanol–water partition coefficient (Wildman–Crippen LogP) is 14.2. The van der Waals surface area contributed by atoms with Crippen molar-refractivity contribution in [3.63, 3.8) is 0 Å². The standard InChI is InChI=1S/2C18H36O2.C16H34O.C14H28O2.K.Na/c2*1-2-3-4-5-6-7-8-9-10-11-12-13-14-15-16-17-18(19)20;1-2-3-4-5-6-7-8-9-10-11-12-13-14-15-16-17;1-2-3-4-5-6-7-8-9-10-11-12-13-14(15)16;;/h2*2-17H2,1H3,(H,19,20);17H,2-16H2,1H3;2-13H2,1H3,(H,15,16);;/q;;;;2*+1/p-2. The van der Waals surface area contributed by atoms with Gasteiger partial charge in [0.1, 0.15) is 0 Å². The Bertz CT molecular complexity index is 944. The number of aliphatic hydroxyl groups excluding tert-OH is 1. The van der Waals surface area contributed by atoms with Crippen LogP contribution in [0.15, 0.2) is 0 Å². The normalized spacial score (nSPS) is 10.5. The first kappa shape index (κ1) is 87.3. The molecule has 7 nitrogen and oxygen atoms in total. The Hall–Kier alpha value is 1.01. The molecule has 0 spiro atoms. The molecular weight excluding hydrogens is 967 g/mol. The summed E-state index contributed by atoms with van der Waals surface area (Å²) in [6.07, 6.45) is 73.3. The molecule has 0 heterocycles. The number of hydrogen-bond donors (Lipinski definition) is 2. The fraction of sp³-hybridized carbons (Fsp3) is 0.955. The van der Waals surface area contributed by atoms with Crippen molar-refractivity contribution in [3.8, 4) is 0 Å². The van der Waals surface area contributed by atoms with Crippen LogP contribution in [0.4, 0.5) is 0 Å². The summed E-state index contributed by atoms with van der Waals surface area (Å²) in [5.41, 5.74) is 0. The summed E-state index contributed by atoms with van der Waals surface area (Å²) < 4.78 is 0. The zero-order valence-corrected chi connectivity index (χ0v) is 57.3. The van der Waals surface area contributed by atoms with E-state index in [2.05, 4.69) is 27.7 Å². The molecule has 0 bridgehead atoms. The molecule has 0 aromatic rings. The molecule has 0 amide bonds. The topological polar surface area (TPSA) is 138 Å². The van der Waals surface area contributed by atoms with Gasteiger partial charge in [-0.15, -0.1) is 0 Å². The number of rotatable bonds is 58. The molecule has 0 radical (unpaired) electrons. The molecule has 440 valence electrons. The molecule has 9 heteroatoms. The van der Waals surface area contributed by atoms with Gasteiger partial charge in [0.15, 0.2) is 0 Å². The molecule has 0 aliphatic rings. The Morgan fingerprint density at radius 3 is 0.520 bits per heavy atom. The van der Waals surface area contributed by atoms with Gasteiger partial charge >= 0.3 is 86.9 Å². The smallest absolute Gasteiger partial charge is 0.550 e. The Kier molecular flexibility index (Phi) is 100. The molecule has 0 fully saturated rings. The Labute approximate surface area is 534 Å². The van der Waals surface area contributed by atoms with Gasteiger partial charge in [-0.1, -0.05) is 355 Å². The van der Waals surface area contributed by atoms with E-state index in [1.807, 2.05) is 0 Å². The van der Waals surface area contributed by atoms with Crippen LogP contribution in [0.3, 0.4) is 0 Å². The first-order chi connectivity index (χ1) is 35.7. The molecule has 0 saturated carbocycles. The SMILES string of the molecule is CCCCCCCCCCCCCC(=O)O.CCCCCCCCCCCCCCCCCC(=O)[O-].CCCCCCCCCCCCCCCCCC(=O)[O-].CCCCCCCCCCCCCCCCO.[K+].[Na+]. The van der Waals surface area contributed by atoms with Gasteiger partial charge in [-0.25, -0.2) is 0 Å². The molecule has 75 heavy (non-hydrogen) atoms. The van der Waals surface area contributed by atoms with Gasteiger partial charge in [-0.2, -0.15) is 0 Å². The van der Waals surface area contributed by atoms with E-state index < -0.39 is 17.9 Å². The minimum atomic E-state index is -0.903. The first-order valence-corrected chi connectivity index (χ1v) is 32.9.